The van der Waals surface area contributed by atoms with Gasteiger partial charge in [0, 0.05) is 31.7 Å². The second kappa shape index (κ2) is 10.9. The van der Waals surface area contributed by atoms with Crippen molar-refractivity contribution in [3.63, 3.8) is 0 Å². The van der Waals surface area contributed by atoms with Crippen molar-refractivity contribution in [1.82, 2.24) is 16.0 Å². The maximum absolute atomic E-state index is 11.8. The van der Waals surface area contributed by atoms with Crippen LogP contribution < -0.4 is 25.4 Å². The Morgan fingerprint density at radius 3 is 2.53 bits per heavy atom. The van der Waals surface area contributed by atoms with E-state index in [1.54, 1.807) is 7.05 Å². The van der Waals surface area contributed by atoms with Gasteiger partial charge in [0.05, 0.1) is 0 Å². The molecule has 2 aromatic carbocycles. The van der Waals surface area contributed by atoms with Crippen LogP contribution in [0.15, 0.2) is 53.5 Å². The predicted molar refractivity (Wildman–Crippen MR) is 127 cm³/mol. The van der Waals surface area contributed by atoms with Crippen molar-refractivity contribution in [2.24, 2.45) is 4.99 Å². The van der Waals surface area contributed by atoms with Crippen molar-refractivity contribution >= 4 is 11.9 Å². The Morgan fingerprint density at radius 1 is 1.06 bits per heavy atom. The summed E-state index contributed by atoms with van der Waals surface area (Å²) >= 11 is 0. The number of benzene rings is 2. The average molecular weight is 439 g/mol. The van der Waals surface area contributed by atoms with E-state index in [4.69, 9.17) is 9.47 Å². The molecule has 3 rings (SSSR count). The third-order valence-corrected chi connectivity index (χ3v) is 4.73. The summed E-state index contributed by atoms with van der Waals surface area (Å²) in [5.41, 5.74) is 1.83. The topological polar surface area (TPSA) is 84.0 Å². The van der Waals surface area contributed by atoms with Crippen LogP contribution in [0.25, 0.3) is 0 Å². The number of para-hydroxylation sites is 1. The Hall–Kier alpha value is -3.22. The molecule has 0 aliphatic heterocycles. The van der Waals surface area contributed by atoms with E-state index < -0.39 is 0 Å². The SMILES string of the molecule is CN=C(NCc1cccc(OCC(=O)NC2CC2)c1)NCc1ccccc1OC(C)(C)C. The van der Waals surface area contributed by atoms with Crippen molar-refractivity contribution in [2.45, 2.75) is 58.3 Å². The fourth-order valence-electron chi connectivity index (χ4n) is 3.06. The molecule has 0 heterocycles. The highest BCUT2D eigenvalue weighted by Crippen LogP contribution is 2.23. The zero-order valence-corrected chi connectivity index (χ0v) is 19.4. The van der Waals surface area contributed by atoms with E-state index in [2.05, 4.69) is 20.9 Å². The first-order valence-electron chi connectivity index (χ1n) is 11.0. The normalized spacial score (nSPS) is 13.9. The molecule has 0 saturated heterocycles. The molecule has 0 atom stereocenters. The second-order valence-electron chi connectivity index (χ2n) is 8.88. The molecule has 1 amide bonds. The summed E-state index contributed by atoms with van der Waals surface area (Å²) in [6.45, 7) is 7.31. The van der Waals surface area contributed by atoms with Gasteiger partial charge in [-0.2, -0.15) is 0 Å². The first kappa shape index (κ1) is 23.4. The lowest BCUT2D eigenvalue weighted by atomic mass is 10.1. The van der Waals surface area contributed by atoms with Crippen LogP contribution >= 0.6 is 0 Å². The van der Waals surface area contributed by atoms with Gasteiger partial charge in [-0.3, -0.25) is 9.79 Å². The Balaban J connectivity index is 1.49. The number of aliphatic imine (C=N–C) groups is 1. The summed E-state index contributed by atoms with van der Waals surface area (Å²) in [6.07, 6.45) is 2.13. The van der Waals surface area contributed by atoms with Crippen molar-refractivity contribution in [3.8, 4) is 11.5 Å². The molecule has 7 nitrogen and oxygen atoms in total. The van der Waals surface area contributed by atoms with Gasteiger partial charge in [0.15, 0.2) is 12.6 Å². The van der Waals surface area contributed by atoms with Crippen molar-refractivity contribution in [3.05, 3.63) is 59.7 Å². The molecular formula is C25H34N4O3. The standard InChI is InChI=1S/C25H34N4O3/c1-25(2,3)32-22-11-6-5-9-19(22)16-28-24(26-4)27-15-18-8-7-10-21(14-18)31-17-23(30)29-20-12-13-20/h5-11,14,20H,12-13,15-17H2,1-4H3,(H,29,30)(H2,26,27,28). The molecule has 2 aromatic rings. The smallest absolute Gasteiger partial charge is 0.258 e. The van der Waals surface area contributed by atoms with Crippen LogP contribution in [0.5, 0.6) is 11.5 Å². The van der Waals surface area contributed by atoms with Gasteiger partial charge in [0.2, 0.25) is 0 Å². The summed E-state index contributed by atoms with van der Waals surface area (Å²) in [4.78, 5) is 16.1. The molecule has 1 saturated carbocycles. The molecule has 1 aliphatic carbocycles. The van der Waals surface area contributed by atoms with Crippen LogP contribution in [0.4, 0.5) is 0 Å². The fraction of sp³-hybridized carbons (Fsp3) is 0.440. The highest BCUT2D eigenvalue weighted by molar-refractivity contribution is 5.79. The zero-order chi connectivity index (χ0) is 23.0. The van der Waals surface area contributed by atoms with Gasteiger partial charge in [-0.15, -0.1) is 0 Å². The third-order valence-electron chi connectivity index (χ3n) is 4.73. The summed E-state index contributed by atoms with van der Waals surface area (Å²) in [5, 5.41) is 9.57. The van der Waals surface area contributed by atoms with Crippen molar-refractivity contribution in [1.29, 1.82) is 0 Å². The molecule has 1 aliphatic rings. The van der Waals surface area contributed by atoms with Crippen molar-refractivity contribution in [2.75, 3.05) is 13.7 Å². The van der Waals surface area contributed by atoms with Gasteiger partial charge < -0.3 is 25.4 Å². The van der Waals surface area contributed by atoms with Crippen LogP contribution in [-0.4, -0.2) is 37.2 Å². The van der Waals surface area contributed by atoms with Gasteiger partial charge in [-0.1, -0.05) is 30.3 Å². The summed E-state index contributed by atoms with van der Waals surface area (Å²) in [5.74, 6) is 2.15. The minimum Gasteiger partial charge on any atom is -0.488 e. The monoisotopic (exact) mass is 438 g/mol. The lowest BCUT2D eigenvalue weighted by molar-refractivity contribution is -0.123. The number of amides is 1. The zero-order valence-electron chi connectivity index (χ0n) is 19.4. The molecule has 172 valence electrons. The average Bonchev–Trinajstić information content (AvgIpc) is 3.56. The Kier molecular flexibility index (Phi) is 7.98. The molecule has 1 fully saturated rings. The number of carbonyl (C=O) groups is 1. The second-order valence-corrected chi connectivity index (χ2v) is 8.88. The summed E-state index contributed by atoms with van der Waals surface area (Å²) in [6, 6.07) is 16.0. The van der Waals surface area contributed by atoms with Crippen LogP contribution in [0.2, 0.25) is 0 Å². The highest BCUT2D eigenvalue weighted by Gasteiger charge is 2.23. The molecule has 32 heavy (non-hydrogen) atoms. The molecule has 3 N–H and O–H groups in total. The van der Waals surface area contributed by atoms with Crippen LogP contribution in [0.3, 0.4) is 0 Å². The largest absolute Gasteiger partial charge is 0.488 e. The molecule has 0 bridgehead atoms. The van der Waals surface area contributed by atoms with E-state index in [-0.39, 0.29) is 18.1 Å². The molecule has 0 unspecified atom stereocenters. The van der Waals surface area contributed by atoms with E-state index in [1.165, 1.54) is 0 Å². The van der Waals surface area contributed by atoms with E-state index in [0.29, 0.717) is 30.8 Å². The van der Waals surface area contributed by atoms with Crippen molar-refractivity contribution < 1.29 is 14.3 Å². The molecule has 0 radical (unpaired) electrons. The number of nitrogens with one attached hydrogen (secondary N) is 3. The Labute approximate surface area is 190 Å². The number of nitrogens with zero attached hydrogens (tertiary/aromatic N) is 1. The minimum absolute atomic E-state index is 0.0344. The van der Waals surface area contributed by atoms with E-state index >= 15 is 0 Å². The summed E-state index contributed by atoms with van der Waals surface area (Å²) in [7, 11) is 1.74. The minimum atomic E-state index is -0.262. The molecule has 0 spiro atoms. The van der Waals surface area contributed by atoms with E-state index in [0.717, 1.165) is 29.7 Å². The lowest BCUT2D eigenvalue weighted by Crippen LogP contribution is -2.36. The van der Waals surface area contributed by atoms with Crippen LogP contribution in [0, 0.1) is 0 Å². The first-order chi connectivity index (χ1) is 15.3. The summed E-state index contributed by atoms with van der Waals surface area (Å²) < 4.78 is 11.7. The van der Waals surface area contributed by atoms with Gasteiger partial charge in [-0.25, -0.2) is 0 Å². The van der Waals surface area contributed by atoms with E-state index in [1.807, 2.05) is 69.3 Å². The molecule has 0 aromatic heterocycles. The Bertz CT molecular complexity index is 933. The van der Waals surface area contributed by atoms with Crippen LogP contribution in [0.1, 0.15) is 44.7 Å². The predicted octanol–water partition coefficient (Wildman–Crippen LogP) is 3.39. The Morgan fingerprint density at radius 2 is 1.81 bits per heavy atom. The number of rotatable bonds is 9. The maximum atomic E-state index is 11.8. The highest BCUT2D eigenvalue weighted by atomic mass is 16.5. The lowest BCUT2D eigenvalue weighted by Gasteiger charge is -2.23. The van der Waals surface area contributed by atoms with E-state index in [9.17, 15) is 4.79 Å². The number of carbonyl (C=O) groups excluding carboxylic acids is 1. The number of guanidine groups is 1. The third kappa shape index (κ3) is 8.13. The number of ether oxygens (including phenoxy) is 2. The molecule has 7 heteroatoms. The van der Waals surface area contributed by atoms with Crippen LogP contribution in [-0.2, 0) is 17.9 Å². The van der Waals surface area contributed by atoms with Gasteiger partial charge in [-0.05, 0) is 57.4 Å². The number of hydrogen-bond donors (Lipinski definition) is 3. The quantitative estimate of drug-likeness (QED) is 0.413. The van der Waals surface area contributed by atoms with Gasteiger partial charge >= 0.3 is 0 Å². The van der Waals surface area contributed by atoms with Gasteiger partial charge in [0.1, 0.15) is 17.1 Å². The number of hydrogen-bond acceptors (Lipinski definition) is 4. The molecular weight excluding hydrogens is 404 g/mol. The first-order valence-corrected chi connectivity index (χ1v) is 11.0. The van der Waals surface area contributed by atoms with Gasteiger partial charge in [0.25, 0.3) is 5.91 Å². The maximum Gasteiger partial charge on any atom is 0.258 e. The fourth-order valence-corrected chi connectivity index (χ4v) is 3.06.